The van der Waals surface area contributed by atoms with E-state index in [1.165, 1.54) is 4.90 Å². The predicted molar refractivity (Wildman–Crippen MR) is 82.5 cm³/mol. The Morgan fingerprint density at radius 3 is 2.38 bits per heavy atom. The molecule has 1 unspecified atom stereocenters. The molecule has 0 saturated carbocycles. The lowest BCUT2D eigenvalue weighted by molar-refractivity contribution is -0.139. The summed E-state index contributed by atoms with van der Waals surface area (Å²) in [5.41, 5.74) is 0.930. The van der Waals surface area contributed by atoms with Gasteiger partial charge in [-0.3, -0.25) is 0 Å². The molecule has 1 aromatic carbocycles. The highest BCUT2D eigenvalue weighted by Crippen LogP contribution is 2.20. The molecule has 2 atom stereocenters. The Balaban J connectivity index is 2.72. The van der Waals surface area contributed by atoms with Crippen LogP contribution in [0.15, 0.2) is 24.3 Å². The van der Waals surface area contributed by atoms with Crippen LogP contribution in [-0.2, 0) is 4.79 Å². The highest BCUT2D eigenvalue weighted by Gasteiger charge is 2.23. The Morgan fingerprint density at radius 2 is 1.90 bits per heavy atom. The highest BCUT2D eigenvalue weighted by atomic mass is 35.5. The molecule has 0 aliphatic rings. The van der Waals surface area contributed by atoms with E-state index in [-0.39, 0.29) is 6.04 Å². The molecule has 21 heavy (non-hydrogen) atoms. The molecular formula is C15H21ClN2O3. The molecule has 1 aromatic rings. The number of aliphatic carboxylic acids is 1. The Labute approximate surface area is 129 Å². The minimum atomic E-state index is -1.02. The van der Waals surface area contributed by atoms with Gasteiger partial charge in [0.05, 0.1) is 6.04 Å². The molecule has 0 aliphatic carbocycles. The number of carbonyl (C=O) groups is 2. The van der Waals surface area contributed by atoms with Crippen LogP contribution in [0, 0.1) is 0 Å². The van der Waals surface area contributed by atoms with E-state index in [0.717, 1.165) is 5.56 Å². The van der Waals surface area contributed by atoms with Crippen molar-refractivity contribution in [2.75, 3.05) is 7.05 Å². The van der Waals surface area contributed by atoms with Gasteiger partial charge in [-0.2, -0.15) is 0 Å². The van der Waals surface area contributed by atoms with Crippen LogP contribution in [0.3, 0.4) is 0 Å². The highest BCUT2D eigenvalue weighted by molar-refractivity contribution is 6.30. The number of hydrogen-bond donors (Lipinski definition) is 2. The van der Waals surface area contributed by atoms with Crippen LogP contribution >= 0.6 is 11.6 Å². The summed E-state index contributed by atoms with van der Waals surface area (Å²) in [5.74, 6) is -1.02. The first-order chi connectivity index (χ1) is 9.86. The molecule has 5 nitrogen and oxygen atoms in total. The van der Waals surface area contributed by atoms with E-state index in [2.05, 4.69) is 5.32 Å². The molecule has 0 spiro atoms. The van der Waals surface area contributed by atoms with E-state index in [9.17, 15) is 9.59 Å². The van der Waals surface area contributed by atoms with Crippen molar-refractivity contribution < 1.29 is 14.7 Å². The van der Waals surface area contributed by atoms with Gasteiger partial charge in [-0.15, -0.1) is 0 Å². The van der Waals surface area contributed by atoms with E-state index in [0.29, 0.717) is 17.9 Å². The molecule has 0 radical (unpaired) electrons. The third-order valence-corrected chi connectivity index (χ3v) is 3.68. The number of amides is 2. The third-order valence-electron chi connectivity index (χ3n) is 3.43. The van der Waals surface area contributed by atoms with Crippen LogP contribution < -0.4 is 5.32 Å². The summed E-state index contributed by atoms with van der Waals surface area (Å²) in [4.78, 5) is 24.7. The minimum absolute atomic E-state index is 0.182. The second-order valence-electron chi connectivity index (χ2n) is 4.97. The summed E-state index contributed by atoms with van der Waals surface area (Å²) >= 11 is 5.84. The molecule has 0 bridgehead atoms. The maximum Gasteiger partial charge on any atom is 0.326 e. The Kier molecular flexibility index (Phi) is 6.49. The van der Waals surface area contributed by atoms with Crippen molar-refractivity contribution in [2.24, 2.45) is 0 Å². The van der Waals surface area contributed by atoms with Crippen LogP contribution in [-0.4, -0.2) is 35.1 Å². The van der Waals surface area contributed by atoms with Gasteiger partial charge in [0, 0.05) is 12.1 Å². The van der Waals surface area contributed by atoms with Gasteiger partial charge < -0.3 is 15.3 Å². The van der Waals surface area contributed by atoms with E-state index in [1.807, 2.05) is 26.0 Å². The molecule has 2 amide bonds. The van der Waals surface area contributed by atoms with Gasteiger partial charge >= 0.3 is 12.0 Å². The fourth-order valence-corrected chi connectivity index (χ4v) is 2.06. The van der Waals surface area contributed by atoms with Gasteiger partial charge in [-0.25, -0.2) is 9.59 Å². The van der Waals surface area contributed by atoms with Crippen molar-refractivity contribution in [3.05, 3.63) is 34.9 Å². The molecule has 0 aliphatic heterocycles. The number of benzene rings is 1. The monoisotopic (exact) mass is 312 g/mol. The van der Waals surface area contributed by atoms with Gasteiger partial charge in [0.2, 0.25) is 0 Å². The lowest BCUT2D eigenvalue weighted by Gasteiger charge is -2.27. The summed E-state index contributed by atoms with van der Waals surface area (Å²) in [7, 11) is 1.64. The van der Waals surface area contributed by atoms with Crippen molar-refractivity contribution in [3.8, 4) is 0 Å². The molecule has 0 fully saturated rings. The largest absolute Gasteiger partial charge is 0.480 e. The topological polar surface area (TPSA) is 69.6 Å². The third kappa shape index (κ3) is 4.93. The number of carbonyl (C=O) groups excluding carboxylic acids is 1. The maximum atomic E-state index is 12.1. The molecular weight excluding hydrogens is 292 g/mol. The van der Waals surface area contributed by atoms with E-state index in [4.69, 9.17) is 16.7 Å². The van der Waals surface area contributed by atoms with Crippen molar-refractivity contribution in [3.63, 3.8) is 0 Å². The SMILES string of the molecule is CCC[C@@H](NC(=O)N(C)C(C)c1ccc(Cl)cc1)C(=O)O. The summed E-state index contributed by atoms with van der Waals surface area (Å²) in [5, 5.41) is 12.2. The van der Waals surface area contributed by atoms with Crippen molar-refractivity contribution >= 4 is 23.6 Å². The average Bonchev–Trinajstić information content (AvgIpc) is 2.45. The molecule has 1 rings (SSSR count). The van der Waals surface area contributed by atoms with Crippen molar-refractivity contribution in [2.45, 2.75) is 38.8 Å². The Bertz CT molecular complexity index is 490. The lowest BCUT2D eigenvalue weighted by Crippen LogP contribution is -2.47. The maximum absolute atomic E-state index is 12.1. The minimum Gasteiger partial charge on any atom is -0.480 e. The molecule has 6 heteroatoms. The molecule has 0 saturated heterocycles. The molecule has 2 N–H and O–H groups in total. The second-order valence-corrected chi connectivity index (χ2v) is 5.40. The number of carboxylic acid groups (broad SMARTS) is 1. The standard InChI is InChI=1S/C15H21ClN2O3/c1-4-5-13(14(19)20)17-15(21)18(3)10(2)11-6-8-12(16)9-7-11/h6-10,13H,4-5H2,1-3H3,(H,17,21)(H,19,20)/t10?,13-/m1/s1. The van der Waals surface area contributed by atoms with Crippen molar-refractivity contribution in [1.29, 1.82) is 0 Å². The zero-order chi connectivity index (χ0) is 16.0. The number of halogens is 1. The summed E-state index contributed by atoms with van der Waals surface area (Å²) < 4.78 is 0. The van der Waals surface area contributed by atoms with E-state index in [1.54, 1.807) is 19.2 Å². The normalized spacial score (nSPS) is 13.3. The Hall–Kier alpha value is -1.75. The number of nitrogens with zero attached hydrogens (tertiary/aromatic N) is 1. The molecule has 116 valence electrons. The summed E-state index contributed by atoms with van der Waals surface area (Å²) in [6.45, 7) is 3.75. The van der Waals surface area contributed by atoms with Gasteiger partial charge in [0.1, 0.15) is 6.04 Å². The number of carboxylic acids is 1. The first-order valence-electron chi connectivity index (χ1n) is 6.88. The Morgan fingerprint density at radius 1 is 1.33 bits per heavy atom. The zero-order valence-electron chi connectivity index (χ0n) is 12.5. The fraction of sp³-hybridized carbons (Fsp3) is 0.467. The van der Waals surface area contributed by atoms with Gasteiger partial charge in [0.25, 0.3) is 0 Å². The second kappa shape index (κ2) is 7.88. The summed E-state index contributed by atoms with van der Waals surface area (Å²) in [6, 6.07) is 5.76. The smallest absolute Gasteiger partial charge is 0.326 e. The number of nitrogens with one attached hydrogen (secondary N) is 1. The number of urea groups is 1. The first-order valence-corrected chi connectivity index (χ1v) is 7.26. The van der Waals surface area contributed by atoms with Gasteiger partial charge in [-0.05, 0) is 31.0 Å². The predicted octanol–water partition coefficient (Wildman–Crippen LogP) is 3.30. The summed E-state index contributed by atoms with van der Waals surface area (Å²) in [6.07, 6.45) is 1.10. The number of hydrogen-bond acceptors (Lipinski definition) is 2. The van der Waals surface area contributed by atoms with Gasteiger partial charge in [-0.1, -0.05) is 37.1 Å². The average molecular weight is 313 g/mol. The quantitative estimate of drug-likeness (QED) is 0.846. The van der Waals surface area contributed by atoms with Crippen LogP contribution in [0.1, 0.15) is 38.3 Å². The first kappa shape index (κ1) is 17.3. The van der Waals surface area contributed by atoms with E-state index >= 15 is 0 Å². The van der Waals surface area contributed by atoms with Crippen LogP contribution in [0.4, 0.5) is 4.79 Å². The number of rotatable bonds is 6. The zero-order valence-corrected chi connectivity index (χ0v) is 13.2. The molecule has 0 aromatic heterocycles. The molecule has 0 heterocycles. The van der Waals surface area contributed by atoms with Crippen LogP contribution in [0.25, 0.3) is 0 Å². The van der Waals surface area contributed by atoms with E-state index < -0.39 is 18.0 Å². The van der Waals surface area contributed by atoms with Crippen molar-refractivity contribution in [1.82, 2.24) is 10.2 Å². The van der Waals surface area contributed by atoms with Crippen LogP contribution in [0.5, 0.6) is 0 Å². The lowest BCUT2D eigenvalue weighted by atomic mass is 10.1. The van der Waals surface area contributed by atoms with Crippen LogP contribution in [0.2, 0.25) is 5.02 Å². The van der Waals surface area contributed by atoms with Gasteiger partial charge in [0.15, 0.2) is 0 Å². The fourth-order valence-electron chi connectivity index (χ4n) is 1.94.